The molecule has 92 valence electrons. The van der Waals surface area contributed by atoms with Crippen LogP contribution in [-0.2, 0) is 24.8 Å². The lowest BCUT2D eigenvalue weighted by Crippen LogP contribution is -2.21. The second-order valence-corrected chi connectivity index (χ2v) is 5.90. The number of nitrogens with zero attached hydrogens (tertiary/aromatic N) is 1. The molecule has 0 heterocycles. The number of isocyanates is 1. The van der Waals surface area contributed by atoms with Crippen LogP contribution < -0.4 is 4.89 Å². The number of carbonyl (C=O) groups excluding carboxylic acids is 1. The molecular weight excluding hydrogens is 272 g/mol. The molecule has 0 saturated heterocycles. The third kappa shape index (κ3) is 2.75. The molecule has 0 aliphatic carbocycles. The Morgan fingerprint density at radius 3 is 2.12 bits per heavy atom. The lowest BCUT2D eigenvalue weighted by atomic mass is 10.4. The fourth-order valence-electron chi connectivity index (χ4n) is 1.03. The summed E-state index contributed by atoms with van der Waals surface area (Å²) in [5.41, 5.74) is 0. The quantitative estimate of drug-likeness (QED) is 0.429. The van der Waals surface area contributed by atoms with Gasteiger partial charge in [-0.05, 0) is 12.1 Å². The van der Waals surface area contributed by atoms with Crippen LogP contribution in [0.5, 0.6) is 0 Å². The molecule has 1 aromatic carbocycles. The summed E-state index contributed by atoms with van der Waals surface area (Å²) < 4.78 is 48.0. The molecule has 0 atom stereocenters. The first-order chi connectivity index (χ1) is 7.85. The van der Waals surface area contributed by atoms with Crippen molar-refractivity contribution in [2.24, 2.45) is 4.40 Å². The number of nitrogens with one attached hydrogen (secondary N) is 1. The van der Waals surface area contributed by atoms with Crippen molar-refractivity contribution in [2.45, 2.75) is 9.79 Å². The maximum absolute atomic E-state index is 11.4. The Bertz CT molecular complexity index is 672. The Labute approximate surface area is 96.7 Å². The van der Waals surface area contributed by atoms with Crippen LogP contribution in [0.2, 0.25) is 0 Å². The Kier molecular flexibility index (Phi) is 3.76. The zero-order valence-electron chi connectivity index (χ0n) is 8.06. The van der Waals surface area contributed by atoms with E-state index >= 15 is 0 Å². The third-order valence-electron chi connectivity index (χ3n) is 1.69. The van der Waals surface area contributed by atoms with Gasteiger partial charge in [-0.15, -0.1) is 0 Å². The van der Waals surface area contributed by atoms with Gasteiger partial charge in [-0.25, -0.2) is 13.2 Å². The van der Waals surface area contributed by atoms with Crippen molar-refractivity contribution in [1.82, 2.24) is 4.89 Å². The zero-order chi connectivity index (χ0) is 13.1. The minimum absolute atomic E-state index is 0.721. The van der Waals surface area contributed by atoms with Crippen LogP contribution in [0, 0.1) is 0 Å². The molecule has 0 aromatic heterocycles. The highest BCUT2D eigenvalue weighted by atomic mass is 32.2. The van der Waals surface area contributed by atoms with Gasteiger partial charge in [0.05, 0.1) is 0 Å². The SMILES string of the molecule is O=C=NS(=O)(=O)c1ccccc1S(=O)(=O)NO. The molecule has 1 aromatic rings. The molecule has 0 bridgehead atoms. The van der Waals surface area contributed by atoms with Gasteiger partial charge in [0.2, 0.25) is 0 Å². The molecular formula is C7H6N2O6S2. The zero-order valence-corrected chi connectivity index (χ0v) is 9.69. The van der Waals surface area contributed by atoms with Crippen molar-refractivity contribution < 1.29 is 26.8 Å². The fraction of sp³-hybridized carbons (Fsp3) is 0. The predicted molar refractivity (Wildman–Crippen MR) is 53.9 cm³/mol. The van der Waals surface area contributed by atoms with Crippen LogP contribution in [0.25, 0.3) is 0 Å². The molecule has 1 rings (SSSR count). The summed E-state index contributed by atoms with van der Waals surface area (Å²) in [6.45, 7) is 0. The third-order valence-corrected chi connectivity index (χ3v) is 4.23. The predicted octanol–water partition coefficient (Wildman–Crippen LogP) is -0.621. The van der Waals surface area contributed by atoms with Gasteiger partial charge in [-0.1, -0.05) is 21.4 Å². The van der Waals surface area contributed by atoms with Gasteiger partial charge in [0, 0.05) is 0 Å². The Morgan fingerprint density at radius 1 is 1.12 bits per heavy atom. The van der Waals surface area contributed by atoms with Gasteiger partial charge < -0.3 is 5.21 Å². The number of hydrogen-bond acceptors (Lipinski definition) is 6. The minimum atomic E-state index is -4.46. The van der Waals surface area contributed by atoms with E-state index in [1.807, 2.05) is 0 Å². The van der Waals surface area contributed by atoms with Crippen molar-refractivity contribution >= 4 is 26.1 Å². The van der Waals surface area contributed by atoms with Gasteiger partial charge in [-0.2, -0.15) is 8.42 Å². The van der Waals surface area contributed by atoms with E-state index in [9.17, 15) is 21.6 Å². The van der Waals surface area contributed by atoms with Crippen LogP contribution >= 0.6 is 0 Å². The summed E-state index contributed by atoms with van der Waals surface area (Å²) in [7, 11) is -8.86. The Hall–Kier alpha value is -1.58. The van der Waals surface area contributed by atoms with E-state index in [2.05, 4.69) is 4.40 Å². The summed E-state index contributed by atoms with van der Waals surface area (Å²) in [5, 5.41) is 8.43. The molecule has 0 aliphatic heterocycles. The lowest BCUT2D eigenvalue weighted by molar-refractivity contribution is 0.242. The van der Waals surface area contributed by atoms with E-state index < -0.39 is 29.8 Å². The summed E-state index contributed by atoms with van der Waals surface area (Å²) in [5.74, 6) is 0. The number of hydrogen-bond donors (Lipinski definition) is 2. The molecule has 10 heteroatoms. The van der Waals surface area contributed by atoms with E-state index in [-0.39, 0.29) is 0 Å². The van der Waals surface area contributed by atoms with Gasteiger partial charge in [0.15, 0.2) is 0 Å². The molecule has 17 heavy (non-hydrogen) atoms. The maximum atomic E-state index is 11.4. The first-order valence-corrected chi connectivity index (χ1v) is 6.86. The molecule has 2 N–H and O–H groups in total. The van der Waals surface area contributed by atoms with Gasteiger partial charge in [-0.3, -0.25) is 0 Å². The standard InChI is InChI=1S/C7H6N2O6S2/c10-5-8-16(12,13)6-3-1-2-4-7(6)17(14,15)9-11/h1-4,9,11H. The van der Waals surface area contributed by atoms with Crippen LogP contribution in [0.4, 0.5) is 0 Å². The van der Waals surface area contributed by atoms with Gasteiger partial charge in [0.1, 0.15) is 9.79 Å². The molecule has 0 amide bonds. The van der Waals surface area contributed by atoms with Crippen molar-refractivity contribution in [1.29, 1.82) is 0 Å². The first-order valence-electron chi connectivity index (χ1n) is 3.94. The number of rotatable bonds is 4. The van der Waals surface area contributed by atoms with E-state index in [4.69, 9.17) is 5.21 Å². The fourth-order valence-corrected chi connectivity index (χ4v) is 3.14. The largest absolute Gasteiger partial charge is 0.302 e. The van der Waals surface area contributed by atoms with Gasteiger partial charge in [0.25, 0.3) is 26.1 Å². The topological polar surface area (TPSA) is 130 Å². The average Bonchev–Trinajstić information content (AvgIpc) is 2.29. The monoisotopic (exact) mass is 278 g/mol. The molecule has 0 unspecified atom stereocenters. The van der Waals surface area contributed by atoms with Crippen molar-refractivity contribution in [3.63, 3.8) is 0 Å². The molecule has 0 saturated carbocycles. The molecule has 0 fully saturated rings. The number of benzene rings is 1. The lowest BCUT2D eigenvalue weighted by Gasteiger charge is -2.05. The summed E-state index contributed by atoms with van der Waals surface area (Å²) in [4.78, 5) is 9.47. The maximum Gasteiger partial charge on any atom is 0.294 e. The van der Waals surface area contributed by atoms with Crippen molar-refractivity contribution in [2.75, 3.05) is 0 Å². The van der Waals surface area contributed by atoms with E-state index in [1.54, 1.807) is 0 Å². The van der Waals surface area contributed by atoms with Crippen LogP contribution in [0.3, 0.4) is 0 Å². The second-order valence-electron chi connectivity index (χ2n) is 2.70. The van der Waals surface area contributed by atoms with Crippen molar-refractivity contribution in [3.8, 4) is 0 Å². The highest BCUT2D eigenvalue weighted by Gasteiger charge is 2.25. The van der Waals surface area contributed by atoms with Crippen molar-refractivity contribution in [3.05, 3.63) is 24.3 Å². The van der Waals surface area contributed by atoms with Crippen LogP contribution in [0.15, 0.2) is 38.5 Å². The highest BCUT2D eigenvalue weighted by molar-refractivity contribution is 7.93. The summed E-state index contributed by atoms with van der Waals surface area (Å²) in [6, 6.07) is 4.35. The van der Waals surface area contributed by atoms with Crippen LogP contribution in [0.1, 0.15) is 0 Å². The Morgan fingerprint density at radius 2 is 1.65 bits per heavy atom. The van der Waals surface area contributed by atoms with E-state index in [0.29, 0.717) is 0 Å². The molecule has 8 nitrogen and oxygen atoms in total. The molecule has 0 radical (unpaired) electrons. The first kappa shape index (κ1) is 13.5. The smallest absolute Gasteiger partial charge is 0.294 e. The average molecular weight is 278 g/mol. The van der Waals surface area contributed by atoms with E-state index in [1.165, 1.54) is 12.1 Å². The minimum Gasteiger partial charge on any atom is -0.302 e. The highest BCUT2D eigenvalue weighted by Crippen LogP contribution is 2.21. The van der Waals surface area contributed by atoms with E-state index in [0.717, 1.165) is 23.1 Å². The molecule has 0 spiro atoms. The van der Waals surface area contributed by atoms with Gasteiger partial charge >= 0.3 is 0 Å². The second kappa shape index (κ2) is 4.73. The van der Waals surface area contributed by atoms with Crippen LogP contribution in [-0.4, -0.2) is 28.1 Å². The summed E-state index contributed by atoms with van der Waals surface area (Å²) in [6.07, 6.45) is 0.812. The normalized spacial score (nSPS) is 11.8. The summed E-state index contributed by atoms with van der Waals surface area (Å²) >= 11 is 0. The Balaban J connectivity index is 3.64. The molecule has 0 aliphatic rings. The number of sulfonamides is 2.